The first-order valence-corrected chi connectivity index (χ1v) is 13.9. The van der Waals surface area contributed by atoms with Crippen LogP contribution in [0.5, 0.6) is 0 Å². The molecule has 0 spiro atoms. The second-order valence-corrected chi connectivity index (χ2v) is 12.9. The fraction of sp³-hybridized carbons (Fsp3) is 0.733. The quantitative estimate of drug-likeness (QED) is 0.477. The Hall–Kier alpha value is -1.88. The van der Waals surface area contributed by atoms with Gasteiger partial charge in [0.1, 0.15) is 6.04 Å². The van der Waals surface area contributed by atoms with Crippen LogP contribution in [0, 0.1) is 40.4 Å². The molecule has 192 valence electrons. The second-order valence-electron chi connectivity index (χ2n) is 12.9. The number of hydrogen-bond acceptors (Lipinski definition) is 4. The van der Waals surface area contributed by atoms with E-state index < -0.39 is 12.0 Å². The zero-order valence-electron chi connectivity index (χ0n) is 21.7. The van der Waals surface area contributed by atoms with Crippen LogP contribution in [0.1, 0.15) is 96.5 Å². The summed E-state index contributed by atoms with van der Waals surface area (Å²) in [6.07, 6.45) is 16.0. The van der Waals surface area contributed by atoms with E-state index in [1.54, 1.807) is 17.9 Å². The van der Waals surface area contributed by atoms with E-state index in [-0.39, 0.29) is 11.0 Å². The van der Waals surface area contributed by atoms with Crippen molar-refractivity contribution < 1.29 is 14.3 Å². The van der Waals surface area contributed by atoms with E-state index >= 15 is 0 Å². The van der Waals surface area contributed by atoms with Crippen molar-refractivity contribution in [3.63, 3.8) is 0 Å². The number of allylic oxidation sites excluding steroid dienone is 2. The van der Waals surface area contributed by atoms with Gasteiger partial charge in [-0.25, -0.2) is 4.79 Å². The molecule has 3 fully saturated rings. The highest BCUT2D eigenvalue weighted by Gasteiger charge is 2.57. The minimum absolute atomic E-state index is 0.180. The highest BCUT2D eigenvalue weighted by Crippen LogP contribution is 2.67. The normalized spacial score (nSPS) is 40.1. The van der Waals surface area contributed by atoms with E-state index in [1.165, 1.54) is 50.5 Å². The van der Waals surface area contributed by atoms with Crippen molar-refractivity contribution in [1.29, 1.82) is 0 Å². The number of hydrogen-bond donors (Lipinski definition) is 2. The van der Waals surface area contributed by atoms with E-state index in [2.05, 4.69) is 26.8 Å². The molecule has 3 saturated carbocycles. The number of nitrogens with two attached hydrogens (primary N) is 1. The van der Waals surface area contributed by atoms with Gasteiger partial charge in [-0.05, 0) is 122 Å². The molecule has 0 saturated heterocycles. The number of carboxylic acid groups (broad SMARTS) is 1. The van der Waals surface area contributed by atoms with E-state index in [0.29, 0.717) is 35.5 Å². The minimum Gasteiger partial charge on any atom is -0.480 e. The van der Waals surface area contributed by atoms with Crippen LogP contribution in [0.15, 0.2) is 39.3 Å². The van der Waals surface area contributed by atoms with Crippen molar-refractivity contribution in [3.05, 3.63) is 46.0 Å². The van der Waals surface area contributed by atoms with Crippen LogP contribution >= 0.6 is 0 Å². The average Bonchev–Trinajstić information content (AvgIpc) is 3.17. The van der Waals surface area contributed by atoms with E-state index in [4.69, 9.17) is 15.3 Å². The van der Waals surface area contributed by atoms with Gasteiger partial charge in [0.05, 0.1) is 6.26 Å². The van der Waals surface area contributed by atoms with Crippen molar-refractivity contribution in [2.24, 2.45) is 46.2 Å². The van der Waals surface area contributed by atoms with Crippen molar-refractivity contribution >= 4 is 5.97 Å². The highest BCUT2D eigenvalue weighted by molar-refractivity contribution is 5.73. The molecule has 1 aromatic rings. The van der Waals surface area contributed by atoms with Gasteiger partial charge in [-0.3, -0.25) is 4.79 Å². The lowest BCUT2D eigenvalue weighted by atomic mass is 9.45. The third-order valence-electron chi connectivity index (χ3n) is 11.0. The van der Waals surface area contributed by atoms with Gasteiger partial charge in [-0.1, -0.05) is 32.4 Å². The maximum atomic E-state index is 11.5. The first kappa shape index (κ1) is 24.8. The Bertz CT molecular complexity index is 1020. The second kappa shape index (κ2) is 9.21. The van der Waals surface area contributed by atoms with E-state index in [9.17, 15) is 9.59 Å². The molecule has 5 nitrogen and oxygen atoms in total. The summed E-state index contributed by atoms with van der Waals surface area (Å²) < 4.78 is 5.24. The Morgan fingerprint density at radius 1 is 1.20 bits per heavy atom. The Kier molecular flexibility index (Phi) is 6.52. The summed E-state index contributed by atoms with van der Waals surface area (Å²) in [6.45, 7) is 7.23. The van der Waals surface area contributed by atoms with Gasteiger partial charge in [0.15, 0.2) is 0 Å². The predicted octanol–water partition coefficient (Wildman–Crippen LogP) is 6.13. The van der Waals surface area contributed by atoms with Gasteiger partial charge >= 0.3 is 11.6 Å². The minimum atomic E-state index is -0.879. The van der Waals surface area contributed by atoms with Crippen LogP contribution in [0.2, 0.25) is 0 Å². The lowest BCUT2D eigenvalue weighted by Gasteiger charge is -2.60. The standard InChI is InChI=1S/C30H43NO4/c1-18(15-26(31)28(33)34)14-19-10-12-29(2)21(16-19)5-6-22-24-8-7-23(20-4-9-27(32)35-17-20)30(24,3)13-11-25(22)29/h4,8-9,17-19,21-23,25-26H,5-7,10-16,31H2,1-3H3,(H,33,34)/t18?,19-,21+,22-,23+,25-,26?,29-,30+/m0/s1. The van der Waals surface area contributed by atoms with Gasteiger partial charge in [0.25, 0.3) is 0 Å². The molecule has 0 radical (unpaired) electrons. The molecule has 4 aliphatic rings. The summed E-state index contributed by atoms with van der Waals surface area (Å²) >= 11 is 0. The Morgan fingerprint density at radius 2 is 2.00 bits per heavy atom. The molecule has 4 aliphatic carbocycles. The molecule has 5 rings (SSSR count). The lowest BCUT2D eigenvalue weighted by molar-refractivity contribution is -0.139. The molecule has 2 unspecified atom stereocenters. The third kappa shape index (κ3) is 4.32. The average molecular weight is 482 g/mol. The number of aliphatic carboxylic acids is 1. The molecule has 0 aromatic carbocycles. The van der Waals surface area contributed by atoms with Crippen LogP contribution in [0.3, 0.4) is 0 Å². The molecular formula is C30H43NO4. The maximum absolute atomic E-state index is 11.5. The topological polar surface area (TPSA) is 93.5 Å². The summed E-state index contributed by atoms with van der Waals surface area (Å²) in [5, 5.41) is 9.16. The SMILES string of the molecule is CC(CC(N)C(=O)O)C[C@@H]1CC[C@@]2(C)[C@H](CC[C@H]3C4=CC[C@H](c5ccc(=O)oc5)[C@@]4(C)CC[C@@H]32)C1. The van der Waals surface area contributed by atoms with Crippen molar-refractivity contribution in [2.75, 3.05) is 0 Å². The Morgan fingerprint density at radius 3 is 2.71 bits per heavy atom. The number of carbonyl (C=O) groups is 1. The number of fused-ring (bicyclic) bond motifs is 5. The van der Waals surface area contributed by atoms with Crippen LogP contribution in [0.4, 0.5) is 0 Å². The summed E-state index contributed by atoms with van der Waals surface area (Å²) in [4.78, 5) is 22.7. The summed E-state index contributed by atoms with van der Waals surface area (Å²) in [7, 11) is 0. The fourth-order valence-electron chi connectivity index (χ4n) is 9.16. The molecule has 0 aliphatic heterocycles. The highest BCUT2D eigenvalue weighted by atomic mass is 16.4. The summed E-state index contributed by atoms with van der Waals surface area (Å²) in [6, 6.07) is 2.82. The van der Waals surface area contributed by atoms with Crippen molar-refractivity contribution in [1.82, 2.24) is 0 Å². The Labute approximate surface area is 209 Å². The summed E-state index contributed by atoms with van der Waals surface area (Å²) in [5.41, 5.74) is 9.01. The number of carboxylic acids is 1. The Balaban J connectivity index is 1.27. The molecule has 1 aromatic heterocycles. The van der Waals surface area contributed by atoms with E-state index in [1.807, 2.05) is 6.07 Å². The smallest absolute Gasteiger partial charge is 0.335 e. The van der Waals surface area contributed by atoms with Crippen LogP contribution in [-0.4, -0.2) is 17.1 Å². The largest absolute Gasteiger partial charge is 0.480 e. The van der Waals surface area contributed by atoms with Gasteiger partial charge in [-0.2, -0.15) is 0 Å². The first-order chi connectivity index (χ1) is 16.6. The van der Waals surface area contributed by atoms with E-state index in [0.717, 1.165) is 24.7 Å². The monoisotopic (exact) mass is 481 g/mol. The molecule has 0 amide bonds. The molecule has 1 heterocycles. The van der Waals surface area contributed by atoms with Gasteiger partial charge in [0.2, 0.25) is 0 Å². The van der Waals surface area contributed by atoms with Crippen LogP contribution in [-0.2, 0) is 4.79 Å². The zero-order chi connectivity index (χ0) is 25.0. The first-order valence-electron chi connectivity index (χ1n) is 13.9. The van der Waals surface area contributed by atoms with Crippen molar-refractivity contribution in [3.8, 4) is 0 Å². The third-order valence-corrected chi connectivity index (χ3v) is 11.0. The lowest BCUT2D eigenvalue weighted by Crippen LogP contribution is -2.51. The predicted molar refractivity (Wildman–Crippen MR) is 137 cm³/mol. The molecule has 35 heavy (non-hydrogen) atoms. The van der Waals surface area contributed by atoms with Gasteiger partial charge in [0, 0.05) is 6.07 Å². The van der Waals surface area contributed by atoms with Crippen LogP contribution in [0.25, 0.3) is 0 Å². The molecule has 9 atom stereocenters. The number of rotatable bonds is 6. The van der Waals surface area contributed by atoms with Gasteiger partial charge in [-0.15, -0.1) is 0 Å². The molecule has 0 bridgehead atoms. The van der Waals surface area contributed by atoms with Crippen molar-refractivity contribution in [2.45, 2.75) is 96.9 Å². The van der Waals surface area contributed by atoms with Crippen LogP contribution < -0.4 is 11.4 Å². The molecular weight excluding hydrogens is 438 g/mol. The molecule has 5 heteroatoms. The van der Waals surface area contributed by atoms with Gasteiger partial charge < -0.3 is 15.3 Å². The zero-order valence-corrected chi connectivity index (χ0v) is 21.7. The summed E-state index contributed by atoms with van der Waals surface area (Å²) in [5.74, 6) is 2.86. The maximum Gasteiger partial charge on any atom is 0.335 e. The molecule has 3 N–H and O–H groups in total. The fourth-order valence-corrected chi connectivity index (χ4v) is 9.16.